The number of benzene rings is 3. The molecule has 0 aliphatic heterocycles. The first kappa shape index (κ1) is 15.8. The highest BCUT2D eigenvalue weighted by Crippen LogP contribution is 2.25. The van der Waals surface area contributed by atoms with Crippen LogP contribution in [0.2, 0.25) is 0 Å². The number of carbonyl (C=O) groups is 1. The summed E-state index contributed by atoms with van der Waals surface area (Å²) >= 11 is 0. The molecular weight excluding hydrogens is 298 g/mol. The molecule has 0 bridgehead atoms. The van der Waals surface area contributed by atoms with Crippen molar-refractivity contribution in [2.45, 2.75) is 12.5 Å². The quantitative estimate of drug-likeness (QED) is 0.674. The van der Waals surface area contributed by atoms with Crippen LogP contribution in [-0.2, 0) is 4.79 Å². The Morgan fingerprint density at radius 1 is 0.792 bits per heavy atom. The number of rotatable bonds is 6. The summed E-state index contributed by atoms with van der Waals surface area (Å²) in [6.07, 6.45) is 0.0322. The van der Waals surface area contributed by atoms with Crippen molar-refractivity contribution in [1.29, 1.82) is 0 Å². The van der Waals surface area contributed by atoms with E-state index in [1.54, 1.807) is 0 Å². The Balaban J connectivity index is 1.79. The molecule has 0 fully saturated rings. The van der Waals surface area contributed by atoms with Gasteiger partial charge in [0.15, 0.2) is 0 Å². The topological polar surface area (TPSA) is 49.3 Å². The summed E-state index contributed by atoms with van der Waals surface area (Å²) in [5.74, 6) is -0.822. The number of hydrogen-bond acceptors (Lipinski definition) is 2. The molecule has 0 aliphatic carbocycles. The molecule has 3 aromatic rings. The van der Waals surface area contributed by atoms with E-state index in [1.165, 1.54) is 0 Å². The summed E-state index contributed by atoms with van der Waals surface area (Å²) in [7, 11) is 0. The molecule has 0 saturated heterocycles. The van der Waals surface area contributed by atoms with Gasteiger partial charge in [-0.1, -0.05) is 72.8 Å². The summed E-state index contributed by atoms with van der Waals surface area (Å²) in [5, 5.41) is 12.5. The molecule has 3 aromatic carbocycles. The maximum Gasteiger partial charge on any atom is 0.305 e. The number of nitrogens with one attached hydrogen (secondary N) is 1. The SMILES string of the molecule is O=C(O)C[C@@H](Nc1ccc(-c2ccccc2)cc1)c1ccccc1. The van der Waals surface area contributed by atoms with Gasteiger partial charge in [-0.15, -0.1) is 0 Å². The van der Waals surface area contributed by atoms with E-state index in [4.69, 9.17) is 0 Å². The molecule has 2 N–H and O–H groups in total. The van der Waals surface area contributed by atoms with Crippen LogP contribution in [0.15, 0.2) is 84.9 Å². The van der Waals surface area contributed by atoms with Crippen molar-refractivity contribution in [3.05, 3.63) is 90.5 Å². The monoisotopic (exact) mass is 317 g/mol. The maximum atomic E-state index is 11.2. The zero-order chi connectivity index (χ0) is 16.8. The van der Waals surface area contributed by atoms with Gasteiger partial charge in [0.05, 0.1) is 12.5 Å². The third-order valence-corrected chi connectivity index (χ3v) is 3.91. The number of aliphatic carboxylic acids is 1. The molecule has 3 heteroatoms. The molecule has 0 amide bonds. The third kappa shape index (κ3) is 4.02. The Kier molecular flexibility index (Phi) is 4.92. The second kappa shape index (κ2) is 7.47. The van der Waals surface area contributed by atoms with Gasteiger partial charge in [0.2, 0.25) is 0 Å². The van der Waals surface area contributed by atoms with Crippen molar-refractivity contribution in [2.75, 3.05) is 5.32 Å². The lowest BCUT2D eigenvalue weighted by Crippen LogP contribution is -2.15. The van der Waals surface area contributed by atoms with Crippen molar-refractivity contribution in [2.24, 2.45) is 0 Å². The lowest BCUT2D eigenvalue weighted by atomic mass is 10.0. The van der Waals surface area contributed by atoms with Crippen LogP contribution >= 0.6 is 0 Å². The first-order valence-corrected chi connectivity index (χ1v) is 7.91. The summed E-state index contributed by atoms with van der Waals surface area (Å²) in [6, 6.07) is 27.6. The fourth-order valence-corrected chi connectivity index (χ4v) is 2.70. The maximum absolute atomic E-state index is 11.2. The molecule has 3 nitrogen and oxygen atoms in total. The van der Waals surface area contributed by atoms with Crippen LogP contribution in [0.25, 0.3) is 11.1 Å². The standard InChI is InChI=1S/C21H19NO2/c23-21(24)15-20(18-9-5-2-6-10-18)22-19-13-11-17(12-14-19)16-7-3-1-4-8-16/h1-14,20,22H,15H2,(H,23,24)/t20-/m1/s1. The molecule has 120 valence electrons. The molecule has 1 atom stereocenters. The molecule has 0 aromatic heterocycles. The minimum atomic E-state index is -0.822. The van der Waals surface area contributed by atoms with Gasteiger partial charge < -0.3 is 10.4 Å². The van der Waals surface area contributed by atoms with E-state index in [9.17, 15) is 9.90 Å². The zero-order valence-electron chi connectivity index (χ0n) is 13.2. The largest absolute Gasteiger partial charge is 0.481 e. The summed E-state index contributed by atoms with van der Waals surface area (Å²) < 4.78 is 0. The Labute approximate surface area is 141 Å². The highest BCUT2D eigenvalue weighted by molar-refractivity contribution is 5.69. The van der Waals surface area contributed by atoms with Crippen molar-refractivity contribution in [3.8, 4) is 11.1 Å². The molecule has 0 radical (unpaired) electrons. The van der Waals surface area contributed by atoms with E-state index in [1.807, 2.05) is 72.8 Å². The number of hydrogen-bond donors (Lipinski definition) is 2. The van der Waals surface area contributed by atoms with Crippen LogP contribution in [0.4, 0.5) is 5.69 Å². The van der Waals surface area contributed by atoms with Crippen LogP contribution in [0, 0.1) is 0 Å². The molecular formula is C21H19NO2. The van der Waals surface area contributed by atoms with E-state index in [0.29, 0.717) is 0 Å². The number of carboxylic acid groups (broad SMARTS) is 1. The van der Waals surface area contributed by atoms with Gasteiger partial charge in [0.25, 0.3) is 0 Å². The predicted octanol–water partition coefficient (Wildman–Crippen LogP) is 4.98. The first-order valence-electron chi connectivity index (χ1n) is 7.91. The lowest BCUT2D eigenvalue weighted by Gasteiger charge is -2.19. The van der Waals surface area contributed by atoms with Crippen LogP contribution in [0.3, 0.4) is 0 Å². The molecule has 0 unspecified atom stereocenters. The summed E-state index contributed by atoms with van der Waals surface area (Å²) in [4.78, 5) is 11.2. The average Bonchev–Trinajstić information content (AvgIpc) is 2.63. The van der Waals surface area contributed by atoms with Gasteiger partial charge in [-0.25, -0.2) is 0 Å². The normalized spacial score (nSPS) is 11.7. The van der Waals surface area contributed by atoms with Crippen LogP contribution in [-0.4, -0.2) is 11.1 Å². The summed E-state index contributed by atoms with van der Waals surface area (Å²) in [6.45, 7) is 0. The number of anilines is 1. The molecule has 3 rings (SSSR count). The fourth-order valence-electron chi connectivity index (χ4n) is 2.70. The molecule has 0 aliphatic rings. The predicted molar refractivity (Wildman–Crippen MR) is 96.9 cm³/mol. The van der Waals surface area contributed by atoms with E-state index in [0.717, 1.165) is 22.4 Å². The molecule has 24 heavy (non-hydrogen) atoms. The van der Waals surface area contributed by atoms with Gasteiger partial charge in [-0.2, -0.15) is 0 Å². The Bertz CT molecular complexity index is 783. The zero-order valence-corrected chi connectivity index (χ0v) is 13.2. The molecule has 0 heterocycles. The molecule has 0 spiro atoms. The first-order chi connectivity index (χ1) is 11.7. The summed E-state index contributed by atoms with van der Waals surface area (Å²) in [5.41, 5.74) is 4.17. The van der Waals surface area contributed by atoms with Crippen molar-refractivity contribution in [1.82, 2.24) is 0 Å². The molecule has 0 saturated carbocycles. The van der Waals surface area contributed by atoms with E-state index < -0.39 is 5.97 Å². The fraction of sp³-hybridized carbons (Fsp3) is 0.0952. The number of carboxylic acids is 1. The Morgan fingerprint density at radius 3 is 1.92 bits per heavy atom. The highest BCUT2D eigenvalue weighted by atomic mass is 16.4. The smallest absolute Gasteiger partial charge is 0.305 e. The van der Waals surface area contributed by atoms with Crippen LogP contribution < -0.4 is 5.32 Å². The van der Waals surface area contributed by atoms with E-state index in [-0.39, 0.29) is 12.5 Å². The Morgan fingerprint density at radius 2 is 1.33 bits per heavy atom. The minimum Gasteiger partial charge on any atom is -0.481 e. The minimum absolute atomic E-state index is 0.0322. The van der Waals surface area contributed by atoms with Crippen molar-refractivity contribution >= 4 is 11.7 Å². The average molecular weight is 317 g/mol. The van der Waals surface area contributed by atoms with Crippen LogP contribution in [0.5, 0.6) is 0 Å². The van der Waals surface area contributed by atoms with Crippen LogP contribution in [0.1, 0.15) is 18.0 Å². The third-order valence-electron chi connectivity index (χ3n) is 3.91. The highest BCUT2D eigenvalue weighted by Gasteiger charge is 2.15. The Hall–Kier alpha value is -3.07. The van der Waals surface area contributed by atoms with E-state index in [2.05, 4.69) is 17.4 Å². The van der Waals surface area contributed by atoms with Crippen molar-refractivity contribution < 1.29 is 9.90 Å². The van der Waals surface area contributed by atoms with Gasteiger partial charge >= 0.3 is 5.97 Å². The second-order valence-corrected chi connectivity index (χ2v) is 5.65. The van der Waals surface area contributed by atoms with Gasteiger partial charge in [0.1, 0.15) is 0 Å². The second-order valence-electron chi connectivity index (χ2n) is 5.65. The van der Waals surface area contributed by atoms with Crippen molar-refractivity contribution in [3.63, 3.8) is 0 Å². The van der Waals surface area contributed by atoms with Gasteiger partial charge in [0, 0.05) is 5.69 Å². The van der Waals surface area contributed by atoms with E-state index >= 15 is 0 Å². The van der Waals surface area contributed by atoms with Gasteiger partial charge in [-0.05, 0) is 28.8 Å². The van der Waals surface area contributed by atoms with Gasteiger partial charge in [-0.3, -0.25) is 4.79 Å². The lowest BCUT2D eigenvalue weighted by molar-refractivity contribution is -0.137.